The Labute approximate surface area is 358 Å². The molecule has 0 bridgehead atoms. The van der Waals surface area contributed by atoms with Crippen LogP contribution in [-0.2, 0) is 33.1 Å². The minimum atomic E-state index is -3.91. The number of carbonyl (C=O) groups is 2. The maximum Gasteiger partial charge on any atom is 0.387 e. The summed E-state index contributed by atoms with van der Waals surface area (Å²) in [7, 11) is -7.65. The van der Waals surface area contributed by atoms with Crippen molar-refractivity contribution in [3.8, 4) is 5.75 Å². The molecule has 0 saturated carbocycles. The molecule has 19 heteroatoms. The summed E-state index contributed by atoms with van der Waals surface area (Å²) in [5.41, 5.74) is 5.50. The van der Waals surface area contributed by atoms with Gasteiger partial charge in [0.1, 0.15) is 5.75 Å². The number of urea groups is 2. The maximum absolute atomic E-state index is 12.7. The number of nitrogens with one attached hydrogen (secondary N) is 6. The lowest BCUT2D eigenvalue weighted by Crippen LogP contribution is -2.28. The third-order valence-corrected chi connectivity index (χ3v) is 11.5. The van der Waals surface area contributed by atoms with Gasteiger partial charge in [-0.15, -0.1) is 0 Å². The highest BCUT2D eigenvalue weighted by atomic mass is 32.2. The van der Waals surface area contributed by atoms with Crippen LogP contribution in [0.1, 0.15) is 42.0 Å². The third kappa shape index (κ3) is 14.3. The monoisotopic (exact) mass is 886 g/mol. The maximum atomic E-state index is 12.7. The van der Waals surface area contributed by atoms with Crippen LogP contribution in [0.3, 0.4) is 0 Å². The summed E-state index contributed by atoms with van der Waals surface area (Å²) in [6.45, 7) is 3.82. The first-order valence-corrected chi connectivity index (χ1v) is 21.8. The number of anilines is 4. The molecule has 0 aliphatic heterocycles. The molecule has 4 amide bonds. The zero-order chi connectivity index (χ0) is 44.7. The molecule has 2 heterocycles. The molecule has 324 valence electrons. The van der Waals surface area contributed by atoms with Crippen LogP contribution in [0.2, 0.25) is 0 Å². The van der Waals surface area contributed by atoms with Gasteiger partial charge >= 0.3 is 18.7 Å². The summed E-state index contributed by atoms with van der Waals surface area (Å²) < 4.78 is 83.9. The van der Waals surface area contributed by atoms with Crippen molar-refractivity contribution >= 4 is 54.9 Å². The van der Waals surface area contributed by atoms with Crippen molar-refractivity contribution in [2.75, 3.05) is 20.1 Å². The molecule has 0 atom stereocenters. The van der Waals surface area contributed by atoms with Crippen molar-refractivity contribution < 1.29 is 39.9 Å². The molecule has 2 aromatic heterocycles. The van der Waals surface area contributed by atoms with Crippen LogP contribution < -0.4 is 35.4 Å². The number of hydrogen-bond acceptors (Lipinski definition) is 9. The van der Waals surface area contributed by atoms with E-state index < -0.39 is 38.7 Å². The quantitative estimate of drug-likeness (QED) is 0.0584. The van der Waals surface area contributed by atoms with E-state index >= 15 is 0 Å². The van der Waals surface area contributed by atoms with Crippen molar-refractivity contribution in [2.45, 2.75) is 56.2 Å². The minimum absolute atomic E-state index is 0.0401. The zero-order valence-corrected chi connectivity index (χ0v) is 35.3. The van der Waals surface area contributed by atoms with Crippen molar-refractivity contribution in [1.82, 2.24) is 20.6 Å². The first kappa shape index (κ1) is 46.0. The van der Waals surface area contributed by atoms with E-state index in [9.17, 15) is 35.2 Å². The van der Waals surface area contributed by atoms with Gasteiger partial charge in [-0.1, -0.05) is 32.0 Å². The van der Waals surface area contributed by atoms with E-state index in [1.54, 1.807) is 55.1 Å². The lowest BCUT2D eigenvalue weighted by molar-refractivity contribution is -0.0498. The molecule has 4 aromatic carbocycles. The highest BCUT2D eigenvalue weighted by molar-refractivity contribution is 7.93. The van der Waals surface area contributed by atoms with Gasteiger partial charge in [0.25, 0.3) is 20.0 Å². The average Bonchev–Trinajstić information content (AvgIpc) is 3.24. The second kappa shape index (κ2) is 21.4. The first-order chi connectivity index (χ1) is 29.6. The Morgan fingerprint density at radius 2 is 1.05 bits per heavy atom. The number of aromatic nitrogens is 2. The van der Waals surface area contributed by atoms with Crippen LogP contribution in [0.15, 0.2) is 150 Å². The Bertz CT molecular complexity index is 2630. The molecule has 15 nitrogen and oxygen atoms in total. The van der Waals surface area contributed by atoms with E-state index in [4.69, 9.17) is 0 Å². The number of sulfonamides is 2. The van der Waals surface area contributed by atoms with Gasteiger partial charge in [0.15, 0.2) is 0 Å². The van der Waals surface area contributed by atoms with Gasteiger partial charge in [-0.05, 0) is 132 Å². The van der Waals surface area contributed by atoms with Gasteiger partial charge in [0.05, 0.1) is 9.79 Å². The molecule has 6 rings (SSSR count). The summed E-state index contributed by atoms with van der Waals surface area (Å²) in [5.74, 6) is 0.280. The summed E-state index contributed by atoms with van der Waals surface area (Å²) >= 11 is 0. The third-order valence-electron chi connectivity index (χ3n) is 8.67. The topological polar surface area (TPSA) is 210 Å². The molecular weight excluding hydrogens is 843 g/mol. The Kier molecular flexibility index (Phi) is 15.9. The van der Waals surface area contributed by atoms with Gasteiger partial charge in [-0.2, -0.15) is 8.78 Å². The summed E-state index contributed by atoms with van der Waals surface area (Å²) in [4.78, 5) is 32.0. The molecule has 0 fully saturated rings. The number of rotatable bonds is 15. The number of nitrogens with zero attached hydrogens (tertiary/aromatic N) is 2. The Morgan fingerprint density at radius 3 is 1.45 bits per heavy atom. The second-order valence-electron chi connectivity index (χ2n) is 13.7. The van der Waals surface area contributed by atoms with Gasteiger partial charge in [-0.3, -0.25) is 19.4 Å². The van der Waals surface area contributed by atoms with Gasteiger partial charge < -0.3 is 26.0 Å². The lowest BCUT2D eigenvalue weighted by atomic mass is 9.98. The summed E-state index contributed by atoms with van der Waals surface area (Å²) in [6, 6.07) is 28.5. The molecule has 0 aliphatic rings. The minimum Gasteiger partial charge on any atom is -0.435 e. The normalized spacial score (nSPS) is 11.1. The molecule has 0 spiro atoms. The molecule has 0 aliphatic carbocycles. The summed E-state index contributed by atoms with van der Waals surface area (Å²) in [6.07, 6.45) is 6.60. The predicted octanol–water partition coefficient (Wildman–Crippen LogP) is 8.44. The fourth-order valence-electron chi connectivity index (χ4n) is 5.68. The number of alkyl halides is 2. The van der Waals surface area contributed by atoms with Crippen LogP contribution in [0, 0.1) is 6.92 Å². The van der Waals surface area contributed by atoms with Gasteiger partial charge in [0, 0.05) is 60.6 Å². The molecule has 0 radical (unpaired) electrons. The molecule has 0 saturated heterocycles. The number of ether oxygens (including phenoxy) is 1. The van der Waals surface area contributed by atoms with Crippen LogP contribution in [0.5, 0.6) is 5.75 Å². The van der Waals surface area contributed by atoms with E-state index in [1.165, 1.54) is 66.2 Å². The van der Waals surface area contributed by atoms with E-state index in [-0.39, 0.29) is 27.8 Å². The van der Waals surface area contributed by atoms with Crippen LogP contribution >= 0.6 is 0 Å². The predicted molar refractivity (Wildman–Crippen MR) is 233 cm³/mol. The Morgan fingerprint density at radius 1 is 0.613 bits per heavy atom. The first-order valence-electron chi connectivity index (χ1n) is 18.8. The van der Waals surface area contributed by atoms with Crippen LogP contribution in [-0.4, -0.2) is 45.5 Å². The van der Waals surface area contributed by atoms with Crippen molar-refractivity contribution in [2.24, 2.45) is 0 Å². The number of benzene rings is 4. The van der Waals surface area contributed by atoms with Gasteiger partial charge in [-0.25, -0.2) is 26.4 Å². The van der Waals surface area contributed by atoms with Crippen molar-refractivity contribution in [1.29, 1.82) is 0 Å². The molecule has 0 unspecified atom stereocenters. The van der Waals surface area contributed by atoms with E-state index in [1.807, 2.05) is 31.2 Å². The number of hydrogen-bond donors (Lipinski definition) is 6. The van der Waals surface area contributed by atoms with E-state index in [0.29, 0.717) is 29.5 Å². The van der Waals surface area contributed by atoms with E-state index in [2.05, 4.69) is 59.3 Å². The SMILES string of the molecule is Cc1cc(NS(=O)(=O)c2ccc(NC(=O)NCc3cccnc3)cc2)ccc1C(C)C.O=C(NCc1cccnc1)Nc1ccc(S(=O)(=O)Nc2ccc(OC(F)F)cc2)cc1. The Hall–Kier alpha value is -7.12. The fraction of sp³-hybridized carbons (Fsp3) is 0.163. The number of carbonyl (C=O) groups excluding carboxylic acids is 2. The fourth-order valence-corrected chi connectivity index (χ4v) is 7.78. The van der Waals surface area contributed by atoms with E-state index in [0.717, 1.165) is 16.7 Å². The highest BCUT2D eigenvalue weighted by Gasteiger charge is 2.17. The lowest BCUT2D eigenvalue weighted by Gasteiger charge is -2.13. The number of halogens is 2. The number of amides is 4. The van der Waals surface area contributed by atoms with Crippen LogP contribution in [0.25, 0.3) is 0 Å². The molecule has 62 heavy (non-hydrogen) atoms. The summed E-state index contributed by atoms with van der Waals surface area (Å²) in [5, 5.41) is 10.7. The zero-order valence-electron chi connectivity index (χ0n) is 33.7. The molecule has 6 N–H and O–H groups in total. The molecular formula is C43H44F2N8O7S2. The number of pyridine rings is 2. The largest absolute Gasteiger partial charge is 0.435 e. The van der Waals surface area contributed by atoms with Crippen LogP contribution in [0.4, 0.5) is 41.1 Å². The highest BCUT2D eigenvalue weighted by Crippen LogP contribution is 2.25. The Balaban J connectivity index is 0.000000234. The van der Waals surface area contributed by atoms with Gasteiger partial charge in [0.2, 0.25) is 0 Å². The van der Waals surface area contributed by atoms with Crippen molar-refractivity contribution in [3.05, 3.63) is 162 Å². The average molecular weight is 887 g/mol. The number of aryl methyl sites for hydroxylation is 1. The second-order valence-corrected chi connectivity index (χ2v) is 17.1. The smallest absolute Gasteiger partial charge is 0.387 e. The van der Waals surface area contributed by atoms with Crippen molar-refractivity contribution in [3.63, 3.8) is 0 Å². The molecule has 6 aromatic rings. The standard InChI is InChI=1S/C23H26N4O3S.C20H18F2N4O4S/c1-16(2)22-11-8-20(13-17(22)3)27-31(29,30)21-9-6-19(7-10-21)26-23(28)25-15-18-5-4-12-24-14-18;21-19(22)30-17-7-3-16(4-8-17)26-31(28,29)18-9-5-15(6-10-18)25-20(27)24-13-14-2-1-11-23-12-14/h4-14,16,27H,15H2,1-3H3,(H2,25,26,28);1-12,19,26H,13H2,(H2,24,25,27).